The topological polar surface area (TPSA) is 94.3 Å². The zero-order valence-corrected chi connectivity index (χ0v) is 18.9. The molecule has 0 unspecified atom stereocenters. The molecule has 2 aromatic carbocycles. The number of nitrogens with one attached hydrogen (secondary N) is 1. The van der Waals surface area contributed by atoms with Gasteiger partial charge in [0.2, 0.25) is 0 Å². The molecule has 0 radical (unpaired) electrons. The van der Waals surface area contributed by atoms with Crippen molar-refractivity contribution in [3.8, 4) is 17.0 Å². The van der Waals surface area contributed by atoms with Crippen molar-refractivity contribution < 1.29 is 14.3 Å². The number of aromatic nitrogens is 1. The van der Waals surface area contributed by atoms with Crippen LogP contribution in [0.3, 0.4) is 0 Å². The van der Waals surface area contributed by atoms with Gasteiger partial charge in [0.1, 0.15) is 10.8 Å². The van der Waals surface area contributed by atoms with Crippen molar-refractivity contribution in [2.45, 2.75) is 20.3 Å². The van der Waals surface area contributed by atoms with Crippen LogP contribution in [0, 0.1) is 6.92 Å². The zero-order valence-electron chi connectivity index (χ0n) is 18.1. The molecule has 0 aliphatic heterocycles. The van der Waals surface area contributed by atoms with E-state index in [9.17, 15) is 9.59 Å². The number of benzene rings is 2. The number of fused-ring (bicyclic) bond motifs is 1. The van der Waals surface area contributed by atoms with E-state index in [1.165, 1.54) is 11.3 Å². The summed E-state index contributed by atoms with van der Waals surface area (Å²) in [5.41, 5.74) is 9.54. The Morgan fingerprint density at radius 1 is 1.12 bits per heavy atom. The number of nitrogens with zero attached hydrogens (tertiary/aromatic N) is 1. The normalized spacial score (nSPS) is 10.8. The van der Waals surface area contributed by atoms with Gasteiger partial charge in [-0.1, -0.05) is 37.3 Å². The number of amides is 2. The Bertz CT molecular complexity index is 1340. The van der Waals surface area contributed by atoms with Crippen molar-refractivity contribution in [2.24, 2.45) is 5.73 Å². The highest BCUT2D eigenvalue weighted by molar-refractivity contribution is 7.16. The minimum absolute atomic E-state index is 0.320. The summed E-state index contributed by atoms with van der Waals surface area (Å²) in [6.45, 7) is 3.89. The highest BCUT2D eigenvalue weighted by Crippen LogP contribution is 2.34. The smallest absolute Gasteiger partial charge is 0.257 e. The molecule has 6 nitrogen and oxygen atoms in total. The molecular formula is C25H23N3O3S. The van der Waals surface area contributed by atoms with Gasteiger partial charge in [0.05, 0.1) is 29.4 Å². The van der Waals surface area contributed by atoms with Crippen LogP contribution >= 0.6 is 11.3 Å². The summed E-state index contributed by atoms with van der Waals surface area (Å²) < 4.78 is 5.33. The lowest BCUT2D eigenvalue weighted by Gasteiger charge is -2.11. The van der Waals surface area contributed by atoms with E-state index in [4.69, 9.17) is 15.5 Å². The van der Waals surface area contributed by atoms with E-state index in [1.807, 2.05) is 62.4 Å². The Morgan fingerprint density at radius 2 is 1.91 bits per heavy atom. The molecule has 4 aromatic rings. The fourth-order valence-electron chi connectivity index (χ4n) is 3.82. The number of aryl methyl sites for hydroxylation is 1. The molecule has 0 spiro atoms. The number of ether oxygens (including phenoxy) is 1. The van der Waals surface area contributed by atoms with Crippen LogP contribution in [0.2, 0.25) is 0 Å². The minimum Gasteiger partial charge on any atom is -0.497 e. The second kappa shape index (κ2) is 8.80. The Hall–Kier alpha value is -3.71. The number of carbonyl (C=O) groups excluding carboxylic acids is 2. The van der Waals surface area contributed by atoms with Crippen molar-refractivity contribution in [2.75, 3.05) is 12.4 Å². The first kappa shape index (κ1) is 21.5. The van der Waals surface area contributed by atoms with Crippen LogP contribution in [-0.4, -0.2) is 23.9 Å². The summed E-state index contributed by atoms with van der Waals surface area (Å²) >= 11 is 1.36. The minimum atomic E-state index is -0.543. The van der Waals surface area contributed by atoms with E-state index in [-0.39, 0.29) is 5.91 Å². The van der Waals surface area contributed by atoms with Gasteiger partial charge in [-0.3, -0.25) is 9.59 Å². The number of rotatable bonds is 6. The van der Waals surface area contributed by atoms with Crippen LogP contribution in [0.4, 0.5) is 5.00 Å². The third kappa shape index (κ3) is 3.94. The molecule has 0 fully saturated rings. The number of pyridine rings is 1. The molecular weight excluding hydrogens is 422 g/mol. The molecule has 2 aromatic heterocycles. The predicted octanol–water partition coefficient (Wildman–Crippen LogP) is 5.19. The Balaban J connectivity index is 1.82. The highest BCUT2D eigenvalue weighted by atomic mass is 32.1. The van der Waals surface area contributed by atoms with Crippen molar-refractivity contribution >= 4 is 39.1 Å². The maximum Gasteiger partial charge on any atom is 0.257 e. The molecule has 2 heterocycles. The molecule has 0 atom stereocenters. The van der Waals surface area contributed by atoms with Gasteiger partial charge in [-0.2, -0.15) is 0 Å². The summed E-state index contributed by atoms with van der Waals surface area (Å²) in [7, 11) is 1.61. The average Bonchev–Trinajstić information content (AvgIpc) is 3.13. The van der Waals surface area contributed by atoms with E-state index in [1.54, 1.807) is 13.2 Å². The van der Waals surface area contributed by atoms with Gasteiger partial charge in [0, 0.05) is 15.8 Å². The lowest BCUT2D eigenvalue weighted by molar-refractivity contribution is 0.100. The third-order valence-corrected chi connectivity index (χ3v) is 6.43. The van der Waals surface area contributed by atoms with Crippen molar-refractivity contribution in [3.63, 3.8) is 0 Å². The van der Waals surface area contributed by atoms with Gasteiger partial charge >= 0.3 is 0 Å². The lowest BCUT2D eigenvalue weighted by Crippen LogP contribution is -2.18. The largest absolute Gasteiger partial charge is 0.497 e. The van der Waals surface area contributed by atoms with Crippen molar-refractivity contribution in [1.29, 1.82) is 0 Å². The molecule has 0 bridgehead atoms. The number of thiophene rings is 1. The SMILES string of the molecule is CCc1c(C)sc(NC(=O)c2cc(-c3cccc(OC)c3)nc3ccccc23)c1C(N)=O. The van der Waals surface area contributed by atoms with Crippen LogP contribution in [0.1, 0.15) is 38.1 Å². The molecule has 4 rings (SSSR count). The van der Waals surface area contributed by atoms with E-state index in [2.05, 4.69) is 5.32 Å². The highest BCUT2D eigenvalue weighted by Gasteiger charge is 2.22. The fraction of sp³-hybridized carbons (Fsp3) is 0.160. The molecule has 0 aliphatic carbocycles. The van der Waals surface area contributed by atoms with Gasteiger partial charge in [0.25, 0.3) is 11.8 Å². The van der Waals surface area contributed by atoms with E-state index in [0.29, 0.717) is 39.5 Å². The predicted molar refractivity (Wildman–Crippen MR) is 129 cm³/mol. The number of hydrogen-bond donors (Lipinski definition) is 2. The number of methoxy groups -OCH3 is 1. The first-order chi connectivity index (χ1) is 15.4. The first-order valence-corrected chi connectivity index (χ1v) is 11.0. The number of anilines is 1. The van der Waals surface area contributed by atoms with Crippen LogP contribution < -0.4 is 15.8 Å². The van der Waals surface area contributed by atoms with Crippen LogP contribution in [0.5, 0.6) is 5.75 Å². The number of para-hydroxylation sites is 1. The number of nitrogens with two attached hydrogens (primary N) is 1. The van der Waals surface area contributed by atoms with Crippen molar-refractivity contribution in [1.82, 2.24) is 4.98 Å². The molecule has 7 heteroatoms. The molecule has 0 aliphatic rings. The summed E-state index contributed by atoms with van der Waals surface area (Å²) in [5.74, 6) is -0.159. The summed E-state index contributed by atoms with van der Waals surface area (Å²) in [6.07, 6.45) is 0.661. The molecule has 0 saturated heterocycles. The number of carbonyl (C=O) groups is 2. The molecule has 3 N–H and O–H groups in total. The summed E-state index contributed by atoms with van der Waals surface area (Å²) in [4.78, 5) is 31.2. The van der Waals surface area contributed by atoms with E-state index < -0.39 is 5.91 Å². The van der Waals surface area contributed by atoms with Gasteiger partial charge < -0.3 is 15.8 Å². The first-order valence-electron chi connectivity index (χ1n) is 10.2. The van der Waals surface area contributed by atoms with Gasteiger partial charge in [-0.15, -0.1) is 11.3 Å². The molecule has 32 heavy (non-hydrogen) atoms. The number of primary amides is 1. The second-order valence-electron chi connectivity index (χ2n) is 7.32. The molecule has 2 amide bonds. The van der Waals surface area contributed by atoms with Gasteiger partial charge in [-0.05, 0) is 43.2 Å². The maximum absolute atomic E-state index is 13.4. The second-order valence-corrected chi connectivity index (χ2v) is 8.54. The van der Waals surface area contributed by atoms with Crippen LogP contribution in [0.25, 0.3) is 22.2 Å². The van der Waals surface area contributed by atoms with Gasteiger partial charge in [0.15, 0.2) is 0 Å². The average molecular weight is 446 g/mol. The summed E-state index contributed by atoms with van der Waals surface area (Å²) in [6, 6.07) is 16.8. The summed E-state index contributed by atoms with van der Waals surface area (Å²) in [5, 5.41) is 4.12. The fourth-order valence-corrected chi connectivity index (χ4v) is 4.96. The Labute approximate surface area is 190 Å². The van der Waals surface area contributed by atoms with Crippen molar-refractivity contribution in [3.05, 3.63) is 76.2 Å². The van der Waals surface area contributed by atoms with Gasteiger partial charge in [-0.25, -0.2) is 4.98 Å². The monoisotopic (exact) mass is 445 g/mol. The standard InChI is InChI=1S/C25H23N3O3S/c1-4-17-14(2)32-25(22(17)23(26)29)28-24(30)19-13-21(15-8-7-9-16(12-15)31-3)27-20-11-6-5-10-18(19)20/h5-13H,4H2,1-3H3,(H2,26,29)(H,28,30). The Kier molecular flexibility index (Phi) is 5.92. The quantitative estimate of drug-likeness (QED) is 0.427. The molecule has 0 saturated carbocycles. The van der Waals surface area contributed by atoms with E-state index >= 15 is 0 Å². The maximum atomic E-state index is 13.4. The van der Waals surface area contributed by atoms with Crippen LogP contribution in [-0.2, 0) is 6.42 Å². The third-order valence-electron chi connectivity index (χ3n) is 5.36. The van der Waals surface area contributed by atoms with Crippen LogP contribution in [0.15, 0.2) is 54.6 Å². The Morgan fingerprint density at radius 3 is 2.62 bits per heavy atom. The lowest BCUT2D eigenvalue weighted by atomic mass is 10.0. The number of hydrogen-bond acceptors (Lipinski definition) is 5. The zero-order chi connectivity index (χ0) is 22.8. The van der Waals surface area contributed by atoms with E-state index in [0.717, 1.165) is 21.4 Å². The molecule has 162 valence electrons.